The van der Waals surface area contributed by atoms with E-state index in [2.05, 4.69) is 10.3 Å². The fraction of sp³-hybridized carbons (Fsp3) is 0.0526. The Hall–Kier alpha value is -2.79. The van der Waals surface area contributed by atoms with Crippen molar-refractivity contribution in [2.24, 2.45) is 0 Å². The number of hydrogen-bond acceptors (Lipinski definition) is 4. The van der Waals surface area contributed by atoms with Gasteiger partial charge in [0, 0.05) is 22.1 Å². The summed E-state index contributed by atoms with van der Waals surface area (Å²) in [5.41, 5.74) is 1.25. The Balaban J connectivity index is 1.78. The van der Waals surface area contributed by atoms with Crippen LogP contribution in [0.1, 0.15) is 10.4 Å². The fourth-order valence-electron chi connectivity index (χ4n) is 2.10. The average Bonchev–Trinajstić information content (AvgIpc) is 2.64. The summed E-state index contributed by atoms with van der Waals surface area (Å²) in [5.74, 6) is 0.276. The standard InChI is InChI=1S/C19H16N2O2S/c1-23-18-12-11-14(13-20-18)19(22)21-16-9-5-6-10-17(16)24-15-7-3-2-4-8-15/h2-13H,1H3,(H,21,22). The Morgan fingerprint density at radius 1 is 1.00 bits per heavy atom. The maximum absolute atomic E-state index is 12.4. The predicted molar refractivity (Wildman–Crippen MR) is 95.7 cm³/mol. The van der Waals surface area contributed by atoms with E-state index in [4.69, 9.17) is 4.74 Å². The minimum Gasteiger partial charge on any atom is -0.481 e. The second-order valence-corrected chi connectivity index (χ2v) is 6.07. The first-order valence-corrected chi connectivity index (χ1v) is 8.21. The van der Waals surface area contributed by atoms with Crippen LogP contribution in [-0.2, 0) is 0 Å². The first-order valence-electron chi connectivity index (χ1n) is 7.39. The van der Waals surface area contributed by atoms with Crippen LogP contribution in [0.25, 0.3) is 0 Å². The van der Waals surface area contributed by atoms with Crippen LogP contribution in [0.15, 0.2) is 82.7 Å². The third kappa shape index (κ3) is 3.94. The summed E-state index contributed by atoms with van der Waals surface area (Å²) in [4.78, 5) is 18.6. The van der Waals surface area contributed by atoms with E-state index in [1.165, 1.54) is 6.20 Å². The van der Waals surface area contributed by atoms with Crippen molar-refractivity contribution < 1.29 is 9.53 Å². The number of anilines is 1. The van der Waals surface area contributed by atoms with E-state index in [0.29, 0.717) is 11.4 Å². The van der Waals surface area contributed by atoms with Crippen molar-refractivity contribution in [2.75, 3.05) is 12.4 Å². The second kappa shape index (κ2) is 7.66. The van der Waals surface area contributed by atoms with Gasteiger partial charge in [-0.2, -0.15) is 0 Å². The number of methoxy groups -OCH3 is 1. The van der Waals surface area contributed by atoms with Crippen LogP contribution in [0.3, 0.4) is 0 Å². The van der Waals surface area contributed by atoms with E-state index < -0.39 is 0 Å². The Labute approximate surface area is 144 Å². The zero-order chi connectivity index (χ0) is 16.8. The summed E-state index contributed by atoms with van der Waals surface area (Å²) in [5, 5.41) is 2.94. The van der Waals surface area contributed by atoms with Gasteiger partial charge in [-0.05, 0) is 30.3 Å². The fourth-order valence-corrected chi connectivity index (χ4v) is 3.03. The average molecular weight is 336 g/mol. The molecule has 0 fully saturated rings. The van der Waals surface area contributed by atoms with Crippen molar-refractivity contribution in [1.29, 1.82) is 0 Å². The molecule has 0 aliphatic rings. The lowest BCUT2D eigenvalue weighted by Crippen LogP contribution is -2.12. The number of aromatic nitrogens is 1. The molecular formula is C19H16N2O2S. The van der Waals surface area contributed by atoms with Gasteiger partial charge in [-0.3, -0.25) is 4.79 Å². The van der Waals surface area contributed by atoms with Gasteiger partial charge in [0.1, 0.15) is 0 Å². The Morgan fingerprint density at radius 3 is 2.46 bits per heavy atom. The molecule has 3 aromatic rings. The van der Waals surface area contributed by atoms with Crippen molar-refractivity contribution in [3.05, 3.63) is 78.5 Å². The van der Waals surface area contributed by atoms with Gasteiger partial charge < -0.3 is 10.1 Å². The number of nitrogens with zero attached hydrogens (tertiary/aromatic N) is 1. The van der Waals surface area contributed by atoms with Crippen LogP contribution < -0.4 is 10.1 Å². The Bertz CT molecular complexity index is 820. The van der Waals surface area contributed by atoms with Gasteiger partial charge in [0.25, 0.3) is 5.91 Å². The number of para-hydroxylation sites is 1. The van der Waals surface area contributed by atoms with Crippen LogP contribution >= 0.6 is 11.8 Å². The minimum atomic E-state index is -0.203. The van der Waals surface area contributed by atoms with Crippen molar-refractivity contribution in [2.45, 2.75) is 9.79 Å². The van der Waals surface area contributed by atoms with Gasteiger partial charge in [0.15, 0.2) is 0 Å². The zero-order valence-electron chi connectivity index (χ0n) is 13.1. The minimum absolute atomic E-state index is 0.203. The molecule has 3 rings (SSSR count). The number of carbonyl (C=O) groups is 1. The van der Waals surface area contributed by atoms with Crippen molar-refractivity contribution >= 4 is 23.4 Å². The van der Waals surface area contributed by atoms with Crippen LogP contribution in [0.2, 0.25) is 0 Å². The van der Waals surface area contributed by atoms with Gasteiger partial charge in [-0.25, -0.2) is 4.98 Å². The van der Waals surface area contributed by atoms with Crippen molar-refractivity contribution in [3.63, 3.8) is 0 Å². The van der Waals surface area contributed by atoms with Crippen LogP contribution in [0, 0.1) is 0 Å². The number of nitrogens with one attached hydrogen (secondary N) is 1. The zero-order valence-corrected chi connectivity index (χ0v) is 13.9. The summed E-state index contributed by atoms with van der Waals surface area (Å²) >= 11 is 1.61. The van der Waals surface area contributed by atoms with E-state index in [9.17, 15) is 4.79 Å². The van der Waals surface area contributed by atoms with E-state index in [-0.39, 0.29) is 5.91 Å². The Morgan fingerprint density at radius 2 is 1.75 bits per heavy atom. The van der Waals surface area contributed by atoms with Crippen LogP contribution in [-0.4, -0.2) is 18.0 Å². The SMILES string of the molecule is COc1ccc(C(=O)Nc2ccccc2Sc2ccccc2)cn1. The molecule has 0 saturated heterocycles. The van der Waals surface area contributed by atoms with Gasteiger partial charge >= 0.3 is 0 Å². The summed E-state index contributed by atoms with van der Waals surface area (Å²) in [6.45, 7) is 0. The molecule has 120 valence electrons. The van der Waals surface area contributed by atoms with Gasteiger partial charge in [0.2, 0.25) is 5.88 Å². The van der Waals surface area contributed by atoms with Crippen molar-refractivity contribution in [1.82, 2.24) is 4.98 Å². The topological polar surface area (TPSA) is 51.2 Å². The molecule has 24 heavy (non-hydrogen) atoms. The number of amides is 1. The summed E-state index contributed by atoms with van der Waals surface area (Å²) < 4.78 is 5.01. The maximum atomic E-state index is 12.4. The molecule has 1 amide bonds. The van der Waals surface area contributed by atoms with Crippen molar-refractivity contribution in [3.8, 4) is 5.88 Å². The van der Waals surface area contributed by atoms with Gasteiger partial charge in [-0.15, -0.1) is 0 Å². The maximum Gasteiger partial charge on any atom is 0.257 e. The highest BCUT2D eigenvalue weighted by Crippen LogP contribution is 2.33. The highest BCUT2D eigenvalue weighted by Gasteiger charge is 2.10. The molecule has 0 unspecified atom stereocenters. The monoisotopic (exact) mass is 336 g/mol. The first kappa shape index (κ1) is 16.1. The van der Waals surface area contributed by atoms with Crippen LogP contribution in [0.5, 0.6) is 5.88 Å². The number of ether oxygens (including phenoxy) is 1. The number of hydrogen-bond donors (Lipinski definition) is 1. The quantitative estimate of drug-likeness (QED) is 0.745. The lowest BCUT2D eigenvalue weighted by molar-refractivity contribution is 0.102. The van der Waals surface area contributed by atoms with Gasteiger partial charge in [-0.1, -0.05) is 42.1 Å². The smallest absolute Gasteiger partial charge is 0.257 e. The number of benzene rings is 2. The lowest BCUT2D eigenvalue weighted by Gasteiger charge is -2.11. The molecule has 1 aromatic heterocycles. The Kier molecular flexibility index (Phi) is 5.13. The van der Waals surface area contributed by atoms with E-state index in [1.54, 1.807) is 31.0 Å². The number of rotatable bonds is 5. The molecular weight excluding hydrogens is 320 g/mol. The molecule has 4 nitrogen and oxygen atoms in total. The normalized spacial score (nSPS) is 10.2. The second-order valence-electron chi connectivity index (χ2n) is 4.95. The molecule has 0 spiro atoms. The summed E-state index contributed by atoms with van der Waals surface area (Å²) in [6.07, 6.45) is 1.50. The third-order valence-electron chi connectivity index (χ3n) is 3.31. The first-order chi connectivity index (χ1) is 11.8. The molecule has 1 N–H and O–H groups in total. The molecule has 0 bridgehead atoms. The predicted octanol–water partition coefficient (Wildman–Crippen LogP) is 4.49. The summed E-state index contributed by atoms with van der Waals surface area (Å²) in [7, 11) is 1.54. The number of pyridine rings is 1. The number of carbonyl (C=O) groups excluding carboxylic acids is 1. The highest BCUT2D eigenvalue weighted by atomic mass is 32.2. The molecule has 0 radical (unpaired) electrons. The van der Waals surface area contributed by atoms with E-state index in [1.807, 2.05) is 54.6 Å². The highest BCUT2D eigenvalue weighted by molar-refractivity contribution is 7.99. The van der Waals surface area contributed by atoms with E-state index in [0.717, 1.165) is 15.5 Å². The molecule has 0 saturated carbocycles. The molecule has 2 aromatic carbocycles. The van der Waals surface area contributed by atoms with Gasteiger partial charge in [0.05, 0.1) is 18.4 Å². The molecule has 5 heteroatoms. The molecule has 1 heterocycles. The third-order valence-corrected chi connectivity index (χ3v) is 4.40. The van der Waals surface area contributed by atoms with E-state index >= 15 is 0 Å². The molecule has 0 aliphatic carbocycles. The van der Waals surface area contributed by atoms with Crippen LogP contribution in [0.4, 0.5) is 5.69 Å². The largest absolute Gasteiger partial charge is 0.481 e. The molecule has 0 atom stereocenters. The molecule has 0 aliphatic heterocycles. The summed E-state index contributed by atoms with van der Waals surface area (Å²) in [6, 6.07) is 21.1. The lowest BCUT2D eigenvalue weighted by atomic mass is 10.2.